The van der Waals surface area contributed by atoms with E-state index in [-0.39, 0.29) is 0 Å². The van der Waals surface area contributed by atoms with Gasteiger partial charge in [0.25, 0.3) is 0 Å². The minimum atomic E-state index is -1.08. The minimum absolute atomic E-state index is 0.493. The topological polar surface area (TPSA) is 0 Å². The Kier molecular flexibility index (Phi) is 2.77. The van der Waals surface area contributed by atoms with Crippen molar-refractivity contribution in [2.75, 3.05) is 0 Å². The molecule has 0 aromatic rings. The summed E-state index contributed by atoms with van der Waals surface area (Å²) in [5, 5.41) is 1.84. The fourth-order valence-electron chi connectivity index (χ4n) is 3.28. The molecule has 1 aliphatic carbocycles. The summed E-state index contributed by atoms with van der Waals surface area (Å²) in [6.45, 7) is 14.7. The molecule has 0 unspecified atom stereocenters. The Bertz CT molecular complexity index is 228. The molecule has 0 radical (unpaired) electrons. The molecule has 1 aliphatic rings. The molecule has 0 aliphatic heterocycles. The van der Waals surface area contributed by atoms with Crippen molar-refractivity contribution in [1.82, 2.24) is 0 Å². The van der Waals surface area contributed by atoms with Gasteiger partial charge < -0.3 is 0 Å². The zero-order valence-corrected chi connectivity index (χ0v) is 11.1. The molecule has 0 fully saturated rings. The fraction of sp³-hybridized carbons (Fsp3) is 0.833. The standard InChI is InChI=1S/C12H24Si/c1-10-8-7-9-12(2,3)11(10)13(4,5)6/h7-9H2,1-6H3. The zero-order valence-electron chi connectivity index (χ0n) is 10.1. The second-order valence-corrected chi connectivity index (χ2v) is 11.1. The van der Waals surface area contributed by atoms with Crippen LogP contribution in [0.2, 0.25) is 19.6 Å². The zero-order chi connectivity index (χ0) is 10.3. The van der Waals surface area contributed by atoms with Crippen LogP contribution in [0.15, 0.2) is 10.8 Å². The molecule has 0 bridgehead atoms. The molecule has 0 aromatic heterocycles. The van der Waals surface area contributed by atoms with Crippen LogP contribution in [0.25, 0.3) is 0 Å². The van der Waals surface area contributed by atoms with E-state index in [1.165, 1.54) is 19.3 Å². The first-order valence-corrected chi connectivity index (χ1v) is 8.96. The molecule has 76 valence electrons. The Morgan fingerprint density at radius 2 is 1.69 bits per heavy atom. The second-order valence-electron chi connectivity index (χ2n) is 6.14. The SMILES string of the molecule is CC1=C([Si](C)(C)C)C(C)(C)CCC1. The highest BCUT2D eigenvalue weighted by molar-refractivity contribution is 6.83. The lowest BCUT2D eigenvalue weighted by molar-refractivity contribution is 0.383. The average molecular weight is 196 g/mol. The molecule has 0 saturated heterocycles. The molecule has 0 atom stereocenters. The number of allylic oxidation sites excluding steroid dienone is 2. The molecular weight excluding hydrogens is 172 g/mol. The van der Waals surface area contributed by atoms with E-state index in [0.717, 1.165) is 0 Å². The predicted molar refractivity (Wildman–Crippen MR) is 63.7 cm³/mol. The predicted octanol–water partition coefficient (Wildman–Crippen LogP) is 4.39. The molecule has 0 aromatic carbocycles. The monoisotopic (exact) mass is 196 g/mol. The van der Waals surface area contributed by atoms with Crippen LogP contribution in [0.3, 0.4) is 0 Å². The molecule has 0 spiro atoms. The molecule has 0 amide bonds. The van der Waals surface area contributed by atoms with Gasteiger partial charge in [-0.05, 0) is 31.6 Å². The summed E-state index contributed by atoms with van der Waals surface area (Å²) >= 11 is 0. The Morgan fingerprint density at radius 3 is 2.00 bits per heavy atom. The molecule has 1 rings (SSSR count). The average Bonchev–Trinajstić information content (AvgIpc) is 1.79. The molecule has 0 nitrogen and oxygen atoms in total. The van der Waals surface area contributed by atoms with E-state index in [1.54, 1.807) is 5.57 Å². The van der Waals surface area contributed by atoms with Gasteiger partial charge in [0.15, 0.2) is 0 Å². The molecule has 0 saturated carbocycles. The van der Waals surface area contributed by atoms with Gasteiger partial charge in [-0.1, -0.05) is 44.3 Å². The molecular formula is C12H24Si. The van der Waals surface area contributed by atoms with Crippen molar-refractivity contribution >= 4 is 8.07 Å². The van der Waals surface area contributed by atoms with E-state index in [2.05, 4.69) is 40.4 Å². The highest BCUT2D eigenvalue weighted by atomic mass is 28.3. The fourth-order valence-corrected chi connectivity index (χ4v) is 6.84. The summed E-state index contributed by atoms with van der Waals surface area (Å²) in [6, 6.07) is 0. The Hall–Kier alpha value is -0.0431. The first kappa shape index (κ1) is 11.0. The van der Waals surface area contributed by atoms with Gasteiger partial charge >= 0.3 is 0 Å². The van der Waals surface area contributed by atoms with Gasteiger partial charge in [-0.15, -0.1) is 0 Å². The van der Waals surface area contributed by atoms with Crippen molar-refractivity contribution in [3.8, 4) is 0 Å². The summed E-state index contributed by atoms with van der Waals surface area (Å²) in [5.41, 5.74) is 2.20. The van der Waals surface area contributed by atoms with Crippen molar-refractivity contribution < 1.29 is 0 Å². The lowest BCUT2D eigenvalue weighted by Gasteiger charge is -2.41. The lowest BCUT2D eigenvalue weighted by atomic mass is 9.79. The molecule has 0 heterocycles. The van der Waals surface area contributed by atoms with Gasteiger partial charge in [-0.3, -0.25) is 0 Å². The smallest absolute Gasteiger partial charge is 0.0730 e. The van der Waals surface area contributed by atoms with Crippen LogP contribution in [-0.2, 0) is 0 Å². The maximum atomic E-state index is 2.49. The van der Waals surface area contributed by atoms with Crippen LogP contribution < -0.4 is 0 Å². The van der Waals surface area contributed by atoms with Crippen LogP contribution in [0.1, 0.15) is 40.0 Å². The van der Waals surface area contributed by atoms with Crippen LogP contribution in [0, 0.1) is 5.41 Å². The summed E-state index contributed by atoms with van der Waals surface area (Å²) in [6.07, 6.45) is 4.14. The Labute approximate surface area is 84.4 Å². The third-order valence-electron chi connectivity index (χ3n) is 3.21. The van der Waals surface area contributed by atoms with Crippen molar-refractivity contribution in [1.29, 1.82) is 0 Å². The minimum Gasteiger partial charge on any atom is -0.0774 e. The molecule has 13 heavy (non-hydrogen) atoms. The van der Waals surface area contributed by atoms with Gasteiger partial charge in [-0.2, -0.15) is 0 Å². The van der Waals surface area contributed by atoms with Gasteiger partial charge in [0.1, 0.15) is 0 Å². The highest BCUT2D eigenvalue weighted by Crippen LogP contribution is 2.44. The van der Waals surface area contributed by atoms with Gasteiger partial charge in [0.2, 0.25) is 0 Å². The van der Waals surface area contributed by atoms with Crippen LogP contribution in [-0.4, -0.2) is 8.07 Å². The summed E-state index contributed by atoms with van der Waals surface area (Å²) in [4.78, 5) is 0. The highest BCUT2D eigenvalue weighted by Gasteiger charge is 2.36. The second kappa shape index (κ2) is 3.27. The maximum absolute atomic E-state index is 2.49. The molecule has 0 N–H and O–H groups in total. The summed E-state index contributed by atoms with van der Waals surface area (Å²) < 4.78 is 0. The van der Waals surface area contributed by atoms with Crippen LogP contribution in [0.5, 0.6) is 0 Å². The van der Waals surface area contributed by atoms with Gasteiger partial charge in [0, 0.05) is 0 Å². The van der Waals surface area contributed by atoms with Gasteiger partial charge in [0.05, 0.1) is 8.07 Å². The Morgan fingerprint density at radius 1 is 1.15 bits per heavy atom. The van der Waals surface area contributed by atoms with Crippen molar-refractivity contribution in [2.24, 2.45) is 5.41 Å². The summed E-state index contributed by atoms with van der Waals surface area (Å²) in [7, 11) is -1.08. The number of rotatable bonds is 1. The van der Waals surface area contributed by atoms with Gasteiger partial charge in [-0.25, -0.2) is 0 Å². The third-order valence-corrected chi connectivity index (χ3v) is 5.81. The Balaban J connectivity index is 3.13. The summed E-state index contributed by atoms with van der Waals surface area (Å²) in [5.74, 6) is 0. The number of hydrogen-bond acceptors (Lipinski definition) is 0. The van der Waals surface area contributed by atoms with E-state index in [1.807, 2.05) is 5.20 Å². The largest absolute Gasteiger partial charge is 0.0774 e. The first-order chi connectivity index (χ1) is 5.75. The van der Waals surface area contributed by atoms with Crippen LogP contribution in [0.4, 0.5) is 0 Å². The first-order valence-electron chi connectivity index (χ1n) is 5.46. The maximum Gasteiger partial charge on any atom is 0.0730 e. The lowest BCUT2D eigenvalue weighted by Crippen LogP contribution is -2.37. The normalized spacial score (nSPS) is 23.5. The van der Waals surface area contributed by atoms with Crippen LogP contribution >= 0.6 is 0 Å². The van der Waals surface area contributed by atoms with E-state index < -0.39 is 8.07 Å². The number of hydrogen-bond donors (Lipinski definition) is 0. The van der Waals surface area contributed by atoms with E-state index >= 15 is 0 Å². The molecule has 1 heteroatoms. The van der Waals surface area contributed by atoms with E-state index in [4.69, 9.17) is 0 Å². The van der Waals surface area contributed by atoms with Crippen molar-refractivity contribution in [3.63, 3.8) is 0 Å². The van der Waals surface area contributed by atoms with Crippen molar-refractivity contribution in [3.05, 3.63) is 10.8 Å². The van der Waals surface area contributed by atoms with E-state index in [0.29, 0.717) is 5.41 Å². The van der Waals surface area contributed by atoms with E-state index in [9.17, 15) is 0 Å². The quantitative estimate of drug-likeness (QED) is 0.546. The van der Waals surface area contributed by atoms with Crippen molar-refractivity contribution in [2.45, 2.75) is 59.7 Å². The third kappa shape index (κ3) is 2.25.